The zero-order chi connectivity index (χ0) is 17.5. The van der Waals surface area contributed by atoms with E-state index in [2.05, 4.69) is 15.6 Å². The predicted octanol–water partition coefficient (Wildman–Crippen LogP) is 3.40. The molecule has 0 spiro atoms. The van der Waals surface area contributed by atoms with E-state index in [9.17, 15) is 4.79 Å². The highest BCUT2D eigenvalue weighted by atomic mass is 35.5. The molecule has 2 aromatic rings. The van der Waals surface area contributed by atoms with E-state index < -0.39 is 0 Å². The molecule has 0 aliphatic heterocycles. The lowest BCUT2D eigenvalue weighted by Crippen LogP contribution is -2.41. The van der Waals surface area contributed by atoms with Crippen molar-refractivity contribution in [1.82, 2.24) is 20.5 Å². The second kappa shape index (κ2) is 8.66. The number of rotatable bonds is 6. The number of hydrogen-bond acceptors (Lipinski definition) is 3. The fourth-order valence-electron chi connectivity index (χ4n) is 2.47. The van der Waals surface area contributed by atoms with Gasteiger partial charge in [0.1, 0.15) is 0 Å². The molecule has 2 rings (SSSR count). The average Bonchev–Trinajstić information content (AvgIpc) is 2.57. The number of nitrogens with one attached hydrogen (secondary N) is 2. The van der Waals surface area contributed by atoms with Crippen LogP contribution in [-0.4, -0.2) is 36.6 Å². The van der Waals surface area contributed by atoms with Gasteiger partial charge in [0.25, 0.3) is 0 Å². The Morgan fingerprint density at radius 3 is 2.62 bits per heavy atom. The highest BCUT2D eigenvalue weighted by Crippen LogP contribution is 2.25. The summed E-state index contributed by atoms with van der Waals surface area (Å²) in [6.45, 7) is 2.39. The van der Waals surface area contributed by atoms with Gasteiger partial charge < -0.3 is 15.5 Å². The maximum absolute atomic E-state index is 12.2. The third-order valence-electron chi connectivity index (χ3n) is 3.88. The van der Waals surface area contributed by atoms with E-state index in [0.717, 1.165) is 11.1 Å². The van der Waals surface area contributed by atoms with Crippen LogP contribution in [0.25, 0.3) is 0 Å². The third kappa shape index (κ3) is 4.94. The van der Waals surface area contributed by atoms with Crippen LogP contribution in [0.2, 0.25) is 5.02 Å². The zero-order valence-electron chi connectivity index (χ0n) is 14.2. The topological polar surface area (TPSA) is 57.3 Å². The molecule has 2 atom stereocenters. The van der Waals surface area contributed by atoms with Crippen molar-refractivity contribution in [3.63, 3.8) is 0 Å². The molecule has 6 heteroatoms. The first-order chi connectivity index (χ1) is 11.5. The highest BCUT2D eigenvalue weighted by molar-refractivity contribution is 6.31. The van der Waals surface area contributed by atoms with Gasteiger partial charge in [-0.2, -0.15) is 0 Å². The molecule has 2 amide bonds. The van der Waals surface area contributed by atoms with Crippen molar-refractivity contribution >= 4 is 17.6 Å². The van der Waals surface area contributed by atoms with E-state index in [-0.39, 0.29) is 18.1 Å². The lowest BCUT2D eigenvalue weighted by molar-refractivity contribution is 0.230. The van der Waals surface area contributed by atoms with Crippen molar-refractivity contribution < 1.29 is 4.79 Å². The Morgan fingerprint density at radius 2 is 2.00 bits per heavy atom. The minimum atomic E-state index is -0.217. The molecule has 0 radical (unpaired) electrons. The van der Waals surface area contributed by atoms with E-state index in [4.69, 9.17) is 11.6 Å². The quantitative estimate of drug-likeness (QED) is 0.842. The van der Waals surface area contributed by atoms with E-state index in [1.165, 1.54) is 0 Å². The second-order valence-corrected chi connectivity index (χ2v) is 6.27. The minimum Gasteiger partial charge on any atom is -0.336 e. The van der Waals surface area contributed by atoms with E-state index in [1.807, 2.05) is 62.3 Å². The van der Waals surface area contributed by atoms with Crippen LogP contribution in [0.15, 0.2) is 48.8 Å². The lowest BCUT2D eigenvalue weighted by Gasteiger charge is -2.26. The van der Waals surface area contributed by atoms with Crippen LogP contribution in [-0.2, 0) is 0 Å². The van der Waals surface area contributed by atoms with Crippen molar-refractivity contribution in [3.05, 3.63) is 64.9 Å². The maximum atomic E-state index is 12.2. The molecule has 0 saturated carbocycles. The largest absolute Gasteiger partial charge is 0.336 e. The number of benzene rings is 1. The molecule has 5 nitrogen and oxygen atoms in total. The zero-order valence-corrected chi connectivity index (χ0v) is 14.9. The molecule has 128 valence electrons. The van der Waals surface area contributed by atoms with Gasteiger partial charge >= 0.3 is 6.03 Å². The van der Waals surface area contributed by atoms with Gasteiger partial charge in [0.05, 0.1) is 12.1 Å². The van der Waals surface area contributed by atoms with E-state index in [0.29, 0.717) is 11.6 Å². The normalized spacial score (nSPS) is 13.4. The van der Waals surface area contributed by atoms with Gasteiger partial charge in [-0.05, 0) is 44.3 Å². The number of likely N-dealkylation sites (N-methyl/N-ethyl adjacent to an activating group) is 1. The van der Waals surface area contributed by atoms with Crippen molar-refractivity contribution in [3.8, 4) is 0 Å². The fraction of sp³-hybridized carbons (Fsp3) is 0.333. The molecular weight excluding hydrogens is 324 g/mol. The van der Waals surface area contributed by atoms with Crippen molar-refractivity contribution in [2.24, 2.45) is 0 Å². The molecule has 0 saturated heterocycles. The SMILES string of the molecule is C[C@H](NC(=O)NC[C@@H](c1ccccc1Cl)N(C)C)c1cccnc1. The number of hydrogen-bond donors (Lipinski definition) is 2. The number of nitrogens with zero attached hydrogens (tertiary/aromatic N) is 2. The molecule has 0 aliphatic carbocycles. The number of carbonyl (C=O) groups excluding carboxylic acids is 1. The standard InChI is InChI=1S/C18H23ClN4O/c1-13(14-7-6-10-20-11-14)22-18(24)21-12-17(23(2)3)15-8-4-5-9-16(15)19/h4-11,13,17H,12H2,1-3H3,(H2,21,22,24)/t13-,17-/m0/s1. The summed E-state index contributed by atoms with van der Waals surface area (Å²) < 4.78 is 0. The van der Waals surface area contributed by atoms with E-state index in [1.54, 1.807) is 12.4 Å². The molecule has 2 N–H and O–H groups in total. The predicted molar refractivity (Wildman–Crippen MR) is 97.1 cm³/mol. The molecule has 1 heterocycles. The summed E-state index contributed by atoms with van der Waals surface area (Å²) in [5.74, 6) is 0. The second-order valence-electron chi connectivity index (χ2n) is 5.86. The summed E-state index contributed by atoms with van der Waals surface area (Å²) in [5.41, 5.74) is 1.95. The molecule has 0 bridgehead atoms. The van der Waals surface area contributed by atoms with Crippen LogP contribution in [0.1, 0.15) is 30.1 Å². The molecule has 1 aromatic carbocycles. The number of pyridine rings is 1. The first-order valence-corrected chi connectivity index (χ1v) is 8.22. The first kappa shape index (κ1) is 18.2. The highest BCUT2D eigenvalue weighted by Gasteiger charge is 2.18. The van der Waals surface area contributed by atoms with Crippen LogP contribution < -0.4 is 10.6 Å². The van der Waals surface area contributed by atoms with Gasteiger partial charge in [-0.25, -0.2) is 4.79 Å². The molecular formula is C18H23ClN4O. The van der Waals surface area contributed by atoms with Gasteiger partial charge in [-0.3, -0.25) is 4.98 Å². The van der Waals surface area contributed by atoms with Gasteiger partial charge in [-0.15, -0.1) is 0 Å². The van der Waals surface area contributed by atoms with Gasteiger partial charge in [0.2, 0.25) is 0 Å². The molecule has 0 fully saturated rings. The van der Waals surface area contributed by atoms with Gasteiger partial charge in [-0.1, -0.05) is 35.9 Å². The Bertz CT molecular complexity index is 663. The Morgan fingerprint density at radius 1 is 1.25 bits per heavy atom. The van der Waals surface area contributed by atoms with Gasteiger partial charge in [0, 0.05) is 24.0 Å². The number of amides is 2. The minimum absolute atomic E-state index is 0.00171. The Kier molecular flexibility index (Phi) is 6.58. The molecule has 0 unspecified atom stereocenters. The summed E-state index contributed by atoms with van der Waals surface area (Å²) in [6, 6.07) is 11.1. The monoisotopic (exact) mass is 346 g/mol. The number of carbonyl (C=O) groups is 1. The maximum Gasteiger partial charge on any atom is 0.315 e. The third-order valence-corrected chi connectivity index (χ3v) is 4.22. The van der Waals surface area contributed by atoms with Gasteiger partial charge in [0.15, 0.2) is 0 Å². The Balaban J connectivity index is 1.95. The van der Waals surface area contributed by atoms with Crippen LogP contribution >= 0.6 is 11.6 Å². The summed E-state index contributed by atoms with van der Waals surface area (Å²) in [4.78, 5) is 18.3. The summed E-state index contributed by atoms with van der Waals surface area (Å²) in [6.07, 6.45) is 3.46. The van der Waals surface area contributed by atoms with Crippen LogP contribution in [0.3, 0.4) is 0 Å². The fourth-order valence-corrected chi connectivity index (χ4v) is 2.73. The average molecular weight is 347 g/mol. The molecule has 0 aliphatic rings. The van der Waals surface area contributed by atoms with Crippen LogP contribution in [0, 0.1) is 0 Å². The summed E-state index contributed by atoms with van der Waals surface area (Å²) in [5, 5.41) is 6.53. The van der Waals surface area contributed by atoms with Crippen LogP contribution in [0.5, 0.6) is 0 Å². The summed E-state index contributed by atoms with van der Waals surface area (Å²) in [7, 11) is 3.93. The lowest BCUT2D eigenvalue weighted by atomic mass is 10.1. The van der Waals surface area contributed by atoms with E-state index >= 15 is 0 Å². The number of aromatic nitrogens is 1. The number of halogens is 1. The Labute approximate surface area is 148 Å². The Hall–Kier alpha value is -2.11. The summed E-state index contributed by atoms with van der Waals surface area (Å²) >= 11 is 6.28. The van der Waals surface area contributed by atoms with Crippen LogP contribution in [0.4, 0.5) is 4.79 Å². The molecule has 24 heavy (non-hydrogen) atoms. The molecule has 1 aromatic heterocycles. The van der Waals surface area contributed by atoms with Crippen molar-refractivity contribution in [2.75, 3.05) is 20.6 Å². The first-order valence-electron chi connectivity index (χ1n) is 7.84. The number of urea groups is 1. The smallest absolute Gasteiger partial charge is 0.315 e. The van der Waals surface area contributed by atoms with Crippen molar-refractivity contribution in [1.29, 1.82) is 0 Å². The van der Waals surface area contributed by atoms with Crippen molar-refractivity contribution in [2.45, 2.75) is 19.0 Å².